The van der Waals surface area contributed by atoms with Gasteiger partial charge in [-0.2, -0.15) is 0 Å². The van der Waals surface area contributed by atoms with Crippen LogP contribution in [0.5, 0.6) is 5.75 Å². The molecule has 5 heteroatoms. The van der Waals surface area contributed by atoms with Gasteiger partial charge >= 0.3 is 0 Å². The van der Waals surface area contributed by atoms with E-state index in [-0.39, 0.29) is 17.6 Å². The number of benzene rings is 2. The first-order valence-corrected chi connectivity index (χ1v) is 6.18. The summed E-state index contributed by atoms with van der Waals surface area (Å²) in [5.41, 5.74) is 4.26. The lowest BCUT2D eigenvalue weighted by Gasteiger charge is -2.17. The third-order valence-corrected chi connectivity index (χ3v) is 3.13. The molecule has 0 aliphatic rings. The number of rotatable bonds is 5. The molecule has 0 saturated carbocycles. The molecule has 0 fully saturated rings. The fourth-order valence-electron chi connectivity index (χ4n) is 2.03. The van der Waals surface area contributed by atoms with Crippen LogP contribution in [0.25, 0.3) is 0 Å². The van der Waals surface area contributed by atoms with Gasteiger partial charge in [0.1, 0.15) is 5.82 Å². The van der Waals surface area contributed by atoms with Crippen LogP contribution in [0.2, 0.25) is 0 Å². The van der Waals surface area contributed by atoms with Crippen LogP contribution in [0.1, 0.15) is 17.2 Å². The molecule has 0 aliphatic heterocycles. The second-order valence-electron chi connectivity index (χ2n) is 4.44. The van der Waals surface area contributed by atoms with Gasteiger partial charge in [0, 0.05) is 0 Å². The Kier molecular flexibility index (Phi) is 4.65. The van der Waals surface area contributed by atoms with Gasteiger partial charge in [0.15, 0.2) is 11.6 Å². The van der Waals surface area contributed by atoms with Crippen molar-refractivity contribution in [2.24, 2.45) is 5.84 Å². The number of methoxy groups -OCH3 is 1. The Hall–Kier alpha value is -1.98. The molecular formula is C15H16F2N2O. The average molecular weight is 278 g/mol. The van der Waals surface area contributed by atoms with Crippen LogP contribution in [0.3, 0.4) is 0 Å². The Labute approximate surface area is 116 Å². The van der Waals surface area contributed by atoms with Gasteiger partial charge < -0.3 is 4.74 Å². The van der Waals surface area contributed by atoms with Crippen molar-refractivity contribution in [2.75, 3.05) is 7.11 Å². The molecule has 2 aromatic carbocycles. The zero-order chi connectivity index (χ0) is 14.5. The fourth-order valence-corrected chi connectivity index (χ4v) is 2.03. The van der Waals surface area contributed by atoms with Gasteiger partial charge in [-0.1, -0.05) is 18.2 Å². The van der Waals surface area contributed by atoms with Crippen molar-refractivity contribution >= 4 is 0 Å². The summed E-state index contributed by atoms with van der Waals surface area (Å²) in [6, 6.07) is 10.6. The number of ether oxygens (including phenoxy) is 1. The highest BCUT2D eigenvalue weighted by Crippen LogP contribution is 2.24. The summed E-state index contributed by atoms with van der Waals surface area (Å²) in [4.78, 5) is 0. The Morgan fingerprint density at radius 2 is 1.85 bits per heavy atom. The first-order chi connectivity index (χ1) is 9.63. The number of hydrogen-bond acceptors (Lipinski definition) is 3. The van der Waals surface area contributed by atoms with Gasteiger partial charge in [-0.05, 0) is 41.8 Å². The topological polar surface area (TPSA) is 47.3 Å². The third-order valence-electron chi connectivity index (χ3n) is 3.13. The minimum atomic E-state index is -0.440. The molecule has 0 radical (unpaired) electrons. The van der Waals surface area contributed by atoms with E-state index in [4.69, 9.17) is 10.6 Å². The maximum Gasteiger partial charge on any atom is 0.165 e. The molecule has 1 unspecified atom stereocenters. The van der Waals surface area contributed by atoms with Gasteiger partial charge in [-0.25, -0.2) is 8.78 Å². The molecule has 0 bridgehead atoms. The quantitative estimate of drug-likeness (QED) is 0.653. The molecule has 0 spiro atoms. The van der Waals surface area contributed by atoms with Crippen molar-refractivity contribution in [1.29, 1.82) is 0 Å². The van der Waals surface area contributed by atoms with E-state index >= 15 is 0 Å². The monoisotopic (exact) mass is 278 g/mol. The molecule has 0 heterocycles. The number of nitrogens with two attached hydrogens (primary N) is 1. The van der Waals surface area contributed by atoms with E-state index in [0.717, 1.165) is 5.56 Å². The van der Waals surface area contributed by atoms with Crippen molar-refractivity contribution in [2.45, 2.75) is 12.5 Å². The van der Waals surface area contributed by atoms with Crippen molar-refractivity contribution in [3.05, 3.63) is 65.2 Å². The summed E-state index contributed by atoms with van der Waals surface area (Å²) in [5, 5.41) is 0. The number of halogens is 2. The summed E-state index contributed by atoms with van der Waals surface area (Å²) < 4.78 is 31.4. The molecule has 0 saturated heterocycles. The van der Waals surface area contributed by atoms with Crippen LogP contribution in [-0.4, -0.2) is 7.11 Å². The minimum absolute atomic E-state index is 0.186. The summed E-state index contributed by atoms with van der Waals surface area (Å²) in [5.74, 6) is 4.98. The molecule has 3 nitrogen and oxygen atoms in total. The summed E-state index contributed by atoms with van der Waals surface area (Å²) in [6.07, 6.45) is 0.530. The Balaban J connectivity index is 2.19. The lowest BCUT2D eigenvalue weighted by atomic mass is 9.99. The van der Waals surface area contributed by atoms with E-state index in [1.165, 1.54) is 25.3 Å². The SMILES string of the molecule is COc1ccc(C(Cc2ccc(F)cc2)NN)cc1F. The second kappa shape index (κ2) is 6.45. The maximum atomic E-state index is 13.7. The van der Waals surface area contributed by atoms with Crippen LogP contribution in [0.15, 0.2) is 42.5 Å². The fraction of sp³-hybridized carbons (Fsp3) is 0.200. The molecule has 0 amide bonds. The summed E-state index contributed by atoms with van der Waals surface area (Å²) in [7, 11) is 1.41. The van der Waals surface area contributed by atoms with E-state index in [1.54, 1.807) is 24.3 Å². The molecular weight excluding hydrogens is 262 g/mol. The first-order valence-electron chi connectivity index (χ1n) is 6.18. The van der Waals surface area contributed by atoms with Gasteiger partial charge in [0.2, 0.25) is 0 Å². The van der Waals surface area contributed by atoms with Crippen molar-refractivity contribution in [3.63, 3.8) is 0 Å². The Morgan fingerprint density at radius 3 is 2.40 bits per heavy atom. The molecule has 1 atom stereocenters. The van der Waals surface area contributed by atoms with Crippen LogP contribution < -0.4 is 16.0 Å². The lowest BCUT2D eigenvalue weighted by molar-refractivity contribution is 0.385. The van der Waals surface area contributed by atoms with Crippen molar-refractivity contribution in [3.8, 4) is 5.75 Å². The van der Waals surface area contributed by atoms with Crippen LogP contribution >= 0.6 is 0 Å². The van der Waals surface area contributed by atoms with Gasteiger partial charge in [0.25, 0.3) is 0 Å². The normalized spacial score (nSPS) is 12.2. The summed E-state index contributed by atoms with van der Waals surface area (Å²) in [6.45, 7) is 0. The molecule has 0 aromatic heterocycles. The zero-order valence-corrected chi connectivity index (χ0v) is 11.1. The lowest BCUT2D eigenvalue weighted by Crippen LogP contribution is -2.29. The molecule has 106 valence electrons. The van der Waals surface area contributed by atoms with E-state index in [1.807, 2.05) is 0 Å². The van der Waals surface area contributed by atoms with Crippen LogP contribution in [0, 0.1) is 11.6 Å². The van der Waals surface area contributed by atoms with Crippen LogP contribution in [0.4, 0.5) is 8.78 Å². The van der Waals surface area contributed by atoms with Gasteiger partial charge in [-0.15, -0.1) is 0 Å². The predicted molar refractivity (Wildman–Crippen MR) is 73.1 cm³/mol. The highest BCUT2D eigenvalue weighted by Gasteiger charge is 2.13. The van der Waals surface area contributed by atoms with E-state index < -0.39 is 5.82 Å². The van der Waals surface area contributed by atoms with E-state index in [2.05, 4.69) is 5.43 Å². The maximum absolute atomic E-state index is 13.7. The Morgan fingerprint density at radius 1 is 1.15 bits per heavy atom. The number of hydrogen-bond donors (Lipinski definition) is 2. The van der Waals surface area contributed by atoms with Gasteiger partial charge in [-0.3, -0.25) is 11.3 Å². The largest absolute Gasteiger partial charge is 0.494 e. The van der Waals surface area contributed by atoms with E-state index in [9.17, 15) is 8.78 Å². The van der Waals surface area contributed by atoms with Crippen LogP contribution in [-0.2, 0) is 6.42 Å². The minimum Gasteiger partial charge on any atom is -0.494 e. The van der Waals surface area contributed by atoms with Crippen molar-refractivity contribution in [1.82, 2.24) is 5.43 Å². The van der Waals surface area contributed by atoms with Crippen molar-refractivity contribution < 1.29 is 13.5 Å². The zero-order valence-electron chi connectivity index (χ0n) is 11.1. The second-order valence-corrected chi connectivity index (χ2v) is 4.44. The van der Waals surface area contributed by atoms with E-state index in [0.29, 0.717) is 12.0 Å². The predicted octanol–water partition coefficient (Wildman–Crippen LogP) is 2.72. The molecule has 20 heavy (non-hydrogen) atoms. The molecule has 3 N–H and O–H groups in total. The molecule has 2 rings (SSSR count). The average Bonchev–Trinajstić information content (AvgIpc) is 2.46. The van der Waals surface area contributed by atoms with Gasteiger partial charge in [0.05, 0.1) is 13.2 Å². The highest BCUT2D eigenvalue weighted by atomic mass is 19.1. The Bertz CT molecular complexity index is 573. The molecule has 2 aromatic rings. The smallest absolute Gasteiger partial charge is 0.165 e. The standard InChI is InChI=1S/C15H16F2N2O/c1-20-15-7-4-11(9-13(15)17)14(19-18)8-10-2-5-12(16)6-3-10/h2-7,9,14,19H,8,18H2,1H3. The molecule has 0 aliphatic carbocycles. The third kappa shape index (κ3) is 3.31. The number of hydrazine groups is 1. The highest BCUT2D eigenvalue weighted by molar-refractivity contribution is 5.32. The first kappa shape index (κ1) is 14.4. The number of nitrogens with one attached hydrogen (secondary N) is 1. The summed E-state index contributed by atoms with van der Waals surface area (Å²) >= 11 is 0.